The third kappa shape index (κ3) is 1.37. The van der Waals surface area contributed by atoms with Gasteiger partial charge in [-0.2, -0.15) is 0 Å². The number of aliphatic hydroxyl groups is 1. The molecule has 0 aliphatic heterocycles. The highest BCUT2D eigenvalue weighted by atomic mass is 32.1. The summed E-state index contributed by atoms with van der Waals surface area (Å²) in [6.07, 6.45) is 6.46. The number of rotatable bonds is 1. The lowest BCUT2D eigenvalue weighted by molar-refractivity contribution is -0.178. The van der Waals surface area contributed by atoms with E-state index in [-0.39, 0.29) is 0 Å². The number of hydrogen-bond donors (Lipinski definition) is 1. The Morgan fingerprint density at radius 1 is 0.950 bits per heavy atom. The summed E-state index contributed by atoms with van der Waals surface area (Å²) in [6, 6.07) is 8.69. The van der Waals surface area contributed by atoms with Crippen molar-refractivity contribution < 1.29 is 5.11 Å². The molecule has 6 rings (SSSR count). The Balaban J connectivity index is 1.71. The van der Waals surface area contributed by atoms with Gasteiger partial charge < -0.3 is 5.11 Å². The summed E-state index contributed by atoms with van der Waals surface area (Å²) in [5.74, 6) is 2.82. The van der Waals surface area contributed by atoms with E-state index in [9.17, 15) is 5.11 Å². The molecule has 1 heterocycles. The van der Waals surface area contributed by atoms with Gasteiger partial charge in [-0.25, -0.2) is 0 Å². The molecule has 2 aromatic rings. The summed E-state index contributed by atoms with van der Waals surface area (Å²) in [4.78, 5) is 0. The largest absolute Gasteiger partial charge is 0.385 e. The first-order valence-corrected chi connectivity index (χ1v) is 8.82. The molecule has 4 bridgehead atoms. The van der Waals surface area contributed by atoms with Crippen molar-refractivity contribution in [2.45, 2.75) is 37.7 Å². The molecule has 0 spiro atoms. The van der Waals surface area contributed by atoms with Crippen LogP contribution in [-0.4, -0.2) is 5.11 Å². The average molecular weight is 284 g/mol. The topological polar surface area (TPSA) is 20.2 Å². The van der Waals surface area contributed by atoms with Gasteiger partial charge in [-0.05, 0) is 72.6 Å². The lowest BCUT2D eigenvalue weighted by Crippen LogP contribution is -2.55. The van der Waals surface area contributed by atoms with E-state index >= 15 is 0 Å². The Hall–Kier alpha value is -0.860. The summed E-state index contributed by atoms with van der Waals surface area (Å²) >= 11 is 1.80. The van der Waals surface area contributed by atoms with E-state index in [1.54, 1.807) is 11.3 Å². The van der Waals surface area contributed by atoms with Gasteiger partial charge in [0.25, 0.3) is 0 Å². The predicted molar refractivity (Wildman–Crippen MR) is 82.8 cm³/mol. The highest BCUT2D eigenvalue weighted by Gasteiger charge is 2.57. The lowest BCUT2D eigenvalue weighted by atomic mass is 9.48. The van der Waals surface area contributed by atoms with E-state index in [0.29, 0.717) is 11.8 Å². The van der Waals surface area contributed by atoms with Crippen molar-refractivity contribution in [3.63, 3.8) is 0 Å². The van der Waals surface area contributed by atoms with Gasteiger partial charge in [-0.3, -0.25) is 0 Å². The van der Waals surface area contributed by atoms with Crippen LogP contribution in [0.1, 0.15) is 37.7 Å². The number of thiophene rings is 1. The van der Waals surface area contributed by atoms with Gasteiger partial charge in [0.2, 0.25) is 0 Å². The molecule has 0 atom stereocenters. The van der Waals surface area contributed by atoms with Crippen LogP contribution in [0.2, 0.25) is 0 Å². The SMILES string of the molecule is OC1(c2cccc3ccsc23)C2CC3CC(C2)CC1C3. The lowest BCUT2D eigenvalue weighted by Gasteiger charge is -2.59. The van der Waals surface area contributed by atoms with Crippen molar-refractivity contribution in [1.82, 2.24) is 0 Å². The predicted octanol–water partition coefficient (Wildman–Crippen LogP) is 4.55. The van der Waals surface area contributed by atoms with E-state index < -0.39 is 5.60 Å². The van der Waals surface area contributed by atoms with Crippen molar-refractivity contribution in [1.29, 1.82) is 0 Å². The molecule has 1 aromatic heterocycles. The molecule has 4 fully saturated rings. The fraction of sp³-hybridized carbons (Fsp3) is 0.556. The first-order chi connectivity index (χ1) is 9.75. The molecule has 0 amide bonds. The second-order valence-electron chi connectivity index (χ2n) is 7.27. The van der Waals surface area contributed by atoms with Gasteiger partial charge in [0, 0.05) is 10.3 Å². The molecule has 4 aliphatic rings. The molecule has 0 radical (unpaired) electrons. The quantitative estimate of drug-likeness (QED) is 0.815. The molecule has 104 valence electrons. The first kappa shape index (κ1) is 11.8. The molecule has 4 aliphatic carbocycles. The van der Waals surface area contributed by atoms with E-state index in [1.807, 2.05) is 0 Å². The smallest absolute Gasteiger partial charge is 0.0966 e. The van der Waals surface area contributed by atoms with Gasteiger partial charge in [0.05, 0.1) is 5.60 Å². The number of benzene rings is 1. The zero-order valence-corrected chi connectivity index (χ0v) is 12.4. The number of fused-ring (bicyclic) bond motifs is 1. The summed E-state index contributed by atoms with van der Waals surface area (Å²) in [5.41, 5.74) is 0.691. The van der Waals surface area contributed by atoms with Gasteiger partial charge >= 0.3 is 0 Å². The highest BCUT2D eigenvalue weighted by Crippen LogP contribution is 2.62. The minimum Gasteiger partial charge on any atom is -0.385 e. The van der Waals surface area contributed by atoms with Crippen LogP contribution in [0.5, 0.6) is 0 Å². The molecular weight excluding hydrogens is 264 g/mol. The molecule has 1 aromatic carbocycles. The molecule has 1 N–H and O–H groups in total. The van der Waals surface area contributed by atoms with Crippen LogP contribution in [0, 0.1) is 23.7 Å². The Kier molecular flexibility index (Phi) is 2.27. The fourth-order valence-corrected chi connectivity index (χ4v) is 6.63. The Labute approximate surface area is 123 Å². The van der Waals surface area contributed by atoms with E-state index in [1.165, 1.54) is 47.8 Å². The third-order valence-electron chi connectivity index (χ3n) is 6.29. The summed E-state index contributed by atoms with van der Waals surface area (Å²) in [7, 11) is 0. The van der Waals surface area contributed by atoms with Crippen LogP contribution < -0.4 is 0 Å². The van der Waals surface area contributed by atoms with Crippen LogP contribution in [0.25, 0.3) is 10.1 Å². The van der Waals surface area contributed by atoms with Crippen LogP contribution in [0.4, 0.5) is 0 Å². The van der Waals surface area contributed by atoms with Crippen LogP contribution >= 0.6 is 11.3 Å². The molecule has 1 nitrogen and oxygen atoms in total. The summed E-state index contributed by atoms with van der Waals surface area (Å²) in [6.45, 7) is 0. The van der Waals surface area contributed by atoms with Crippen LogP contribution in [0.3, 0.4) is 0 Å². The van der Waals surface area contributed by atoms with Crippen LogP contribution in [0.15, 0.2) is 29.6 Å². The fourth-order valence-electron chi connectivity index (χ4n) is 5.65. The third-order valence-corrected chi connectivity index (χ3v) is 7.26. The van der Waals surface area contributed by atoms with Crippen molar-refractivity contribution in [2.75, 3.05) is 0 Å². The van der Waals surface area contributed by atoms with Gasteiger partial charge in [-0.15, -0.1) is 11.3 Å². The normalized spacial score (nSPS) is 42.5. The molecule has 20 heavy (non-hydrogen) atoms. The maximum atomic E-state index is 11.7. The van der Waals surface area contributed by atoms with Gasteiger partial charge in [-0.1, -0.05) is 18.2 Å². The zero-order valence-electron chi connectivity index (χ0n) is 11.6. The van der Waals surface area contributed by atoms with Gasteiger partial charge in [0.15, 0.2) is 0 Å². The summed E-state index contributed by atoms with van der Waals surface area (Å²) < 4.78 is 1.32. The first-order valence-electron chi connectivity index (χ1n) is 7.94. The Morgan fingerprint density at radius 2 is 1.65 bits per heavy atom. The van der Waals surface area contributed by atoms with Crippen molar-refractivity contribution >= 4 is 21.4 Å². The maximum Gasteiger partial charge on any atom is 0.0966 e. The standard InChI is InChI=1S/C18H20OS/c19-18(16-3-1-2-13-4-5-20-17(13)16)14-7-11-6-12(9-14)10-15(18)8-11/h1-5,11-12,14-15,19H,6-10H2. The minimum absolute atomic E-state index is 0.506. The van der Waals surface area contributed by atoms with Crippen molar-refractivity contribution in [2.24, 2.45) is 23.7 Å². The number of hydrogen-bond acceptors (Lipinski definition) is 2. The molecule has 0 unspecified atom stereocenters. The minimum atomic E-state index is -0.544. The molecule has 2 heteroatoms. The monoisotopic (exact) mass is 284 g/mol. The zero-order chi connectivity index (χ0) is 13.3. The van der Waals surface area contributed by atoms with Crippen molar-refractivity contribution in [3.8, 4) is 0 Å². The van der Waals surface area contributed by atoms with Gasteiger partial charge in [0.1, 0.15) is 0 Å². The second kappa shape index (κ2) is 3.86. The maximum absolute atomic E-state index is 11.7. The van der Waals surface area contributed by atoms with E-state index in [0.717, 1.165) is 11.8 Å². The highest BCUT2D eigenvalue weighted by molar-refractivity contribution is 7.17. The van der Waals surface area contributed by atoms with Crippen molar-refractivity contribution in [3.05, 3.63) is 35.2 Å². The average Bonchev–Trinajstić information content (AvgIpc) is 2.92. The Bertz CT molecular complexity index is 643. The summed E-state index contributed by atoms with van der Waals surface area (Å²) in [5, 5.41) is 15.1. The molecule has 4 saturated carbocycles. The Morgan fingerprint density at radius 3 is 2.35 bits per heavy atom. The molecule has 0 saturated heterocycles. The van der Waals surface area contributed by atoms with Crippen LogP contribution in [-0.2, 0) is 5.60 Å². The second-order valence-corrected chi connectivity index (χ2v) is 8.19. The van der Waals surface area contributed by atoms with E-state index in [4.69, 9.17) is 0 Å². The molecular formula is C18H20OS. The van der Waals surface area contributed by atoms with E-state index in [2.05, 4.69) is 29.6 Å².